The summed E-state index contributed by atoms with van der Waals surface area (Å²) >= 11 is 5.84. The van der Waals surface area contributed by atoms with Crippen LogP contribution in [-0.2, 0) is 4.79 Å². The van der Waals surface area contributed by atoms with E-state index in [1.165, 1.54) is 6.20 Å². The van der Waals surface area contributed by atoms with Gasteiger partial charge in [0.1, 0.15) is 17.2 Å². The van der Waals surface area contributed by atoms with E-state index in [0.29, 0.717) is 28.1 Å². The van der Waals surface area contributed by atoms with Gasteiger partial charge in [-0.25, -0.2) is 4.98 Å². The van der Waals surface area contributed by atoms with Crippen LogP contribution in [0.5, 0.6) is 23.1 Å². The first-order chi connectivity index (χ1) is 13.1. The SMILES string of the molecule is COc1ccc(OCC(=O)Nc2ccc(Oc3ccc(Cl)cc3)nc2)cc1. The quantitative estimate of drug-likeness (QED) is 0.647. The molecule has 0 saturated heterocycles. The Hall–Kier alpha value is -3.25. The molecule has 27 heavy (non-hydrogen) atoms. The van der Waals surface area contributed by atoms with Gasteiger partial charge in [-0.1, -0.05) is 11.6 Å². The minimum atomic E-state index is -0.293. The molecule has 0 aliphatic heterocycles. The van der Waals surface area contributed by atoms with Gasteiger partial charge < -0.3 is 19.5 Å². The minimum Gasteiger partial charge on any atom is -0.497 e. The van der Waals surface area contributed by atoms with E-state index in [1.54, 1.807) is 67.8 Å². The molecule has 0 fully saturated rings. The molecule has 1 amide bonds. The van der Waals surface area contributed by atoms with Gasteiger partial charge in [0.05, 0.1) is 19.0 Å². The summed E-state index contributed by atoms with van der Waals surface area (Å²) in [6.45, 7) is -0.116. The number of ether oxygens (including phenoxy) is 3. The highest BCUT2D eigenvalue weighted by molar-refractivity contribution is 6.30. The summed E-state index contributed by atoms with van der Waals surface area (Å²) in [6, 6.07) is 17.3. The molecule has 138 valence electrons. The van der Waals surface area contributed by atoms with Gasteiger partial charge in [-0.15, -0.1) is 0 Å². The van der Waals surface area contributed by atoms with E-state index in [-0.39, 0.29) is 12.5 Å². The zero-order valence-electron chi connectivity index (χ0n) is 14.5. The third-order valence-corrected chi connectivity index (χ3v) is 3.74. The summed E-state index contributed by atoms with van der Waals surface area (Å²) in [5, 5.41) is 3.34. The van der Waals surface area contributed by atoms with Gasteiger partial charge >= 0.3 is 0 Å². The van der Waals surface area contributed by atoms with E-state index in [4.69, 9.17) is 25.8 Å². The van der Waals surface area contributed by atoms with Crippen molar-refractivity contribution in [1.29, 1.82) is 0 Å². The van der Waals surface area contributed by atoms with Crippen molar-refractivity contribution in [3.8, 4) is 23.1 Å². The molecule has 1 heterocycles. The lowest BCUT2D eigenvalue weighted by Gasteiger charge is -2.09. The van der Waals surface area contributed by atoms with Gasteiger partial charge in [0.25, 0.3) is 5.91 Å². The monoisotopic (exact) mass is 384 g/mol. The van der Waals surface area contributed by atoms with Gasteiger partial charge in [-0.2, -0.15) is 0 Å². The first kappa shape index (κ1) is 18.5. The molecule has 0 aliphatic rings. The van der Waals surface area contributed by atoms with Crippen LogP contribution in [0.1, 0.15) is 0 Å². The molecule has 1 N–H and O–H groups in total. The summed E-state index contributed by atoms with van der Waals surface area (Å²) < 4.78 is 16.1. The Morgan fingerprint density at radius 3 is 2.26 bits per heavy atom. The van der Waals surface area contributed by atoms with E-state index in [2.05, 4.69) is 10.3 Å². The van der Waals surface area contributed by atoms with Gasteiger partial charge in [0.15, 0.2) is 6.61 Å². The zero-order chi connectivity index (χ0) is 19.1. The summed E-state index contributed by atoms with van der Waals surface area (Å²) in [5.74, 6) is 2.04. The Bertz CT molecular complexity index is 881. The van der Waals surface area contributed by atoms with Crippen LogP contribution in [0.15, 0.2) is 66.9 Å². The van der Waals surface area contributed by atoms with Crippen LogP contribution in [0.2, 0.25) is 5.02 Å². The highest BCUT2D eigenvalue weighted by Crippen LogP contribution is 2.22. The van der Waals surface area contributed by atoms with E-state index < -0.39 is 0 Å². The molecule has 0 aliphatic carbocycles. The number of benzene rings is 2. The summed E-state index contributed by atoms with van der Waals surface area (Å²) in [4.78, 5) is 16.1. The third-order valence-electron chi connectivity index (χ3n) is 3.49. The molecule has 0 saturated carbocycles. The van der Waals surface area contributed by atoms with Crippen molar-refractivity contribution >= 4 is 23.2 Å². The maximum Gasteiger partial charge on any atom is 0.262 e. The second kappa shape index (κ2) is 8.91. The fourth-order valence-corrected chi connectivity index (χ4v) is 2.28. The highest BCUT2D eigenvalue weighted by Gasteiger charge is 2.06. The van der Waals surface area contributed by atoms with Crippen LogP contribution >= 0.6 is 11.6 Å². The number of halogens is 1. The molecule has 2 aromatic carbocycles. The Balaban J connectivity index is 1.49. The summed E-state index contributed by atoms with van der Waals surface area (Å²) in [6.07, 6.45) is 1.51. The normalized spacial score (nSPS) is 10.1. The van der Waals surface area contributed by atoms with E-state index in [1.807, 2.05) is 0 Å². The molecule has 0 atom stereocenters. The smallest absolute Gasteiger partial charge is 0.262 e. The Labute approximate surface area is 161 Å². The van der Waals surface area contributed by atoms with Crippen molar-refractivity contribution in [3.63, 3.8) is 0 Å². The number of carbonyl (C=O) groups is 1. The lowest BCUT2D eigenvalue weighted by Crippen LogP contribution is -2.20. The van der Waals surface area contributed by atoms with Crippen molar-refractivity contribution in [1.82, 2.24) is 4.98 Å². The van der Waals surface area contributed by atoms with E-state index >= 15 is 0 Å². The molecule has 0 unspecified atom stereocenters. The zero-order valence-corrected chi connectivity index (χ0v) is 15.3. The number of hydrogen-bond donors (Lipinski definition) is 1. The lowest BCUT2D eigenvalue weighted by molar-refractivity contribution is -0.118. The topological polar surface area (TPSA) is 69.7 Å². The maximum absolute atomic E-state index is 12.0. The molecule has 6 nitrogen and oxygen atoms in total. The van der Waals surface area contributed by atoms with Crippen molar-refractivity contribution in [3.05, 3.63) is 71.9 Å². The van der Waals surface area contributed by atoms with Gasteiger partial charge in [-0.05, 0) is 54.6 Å². The van der Waals surface area contributed by atoms with Crippen LogP contribution in [0, 0.1) is 0 Å². The summed E-state index contributed by atoms with van der Waals surface area (Å²) in [7, 11) is 1.59. The number of aromatic nitrogens is 1. The number of anilines is 1. The maximum atomic E-state index is 12.0. The van der Waals surface area contributed by atoms with Crippen LogP contribution in [-0.4, -0.2) is 24.6 Å². The number of hydrogen-bond acceptors (Lipinski definition) is 5. The fraction of sp³-hybridized carbons (Fsp3) is 0.100. The molecule has 3 aromatic rings. The number of methoxy groups -OCH3 is 1. The number of nitrogens with zero attached hydrogens (tertiary/aromatic N) is 1. The third kappa shape index (κ3) is 5.62. The van der Waals surface area contributed by atoms with Crippen LogP contribution in [0.3, 0.4) is 0 Å². The number of carbonyl (C=O) groups excluding carboxylic acids is 1. The second-order valence-corrected chi connectivity index (χ2v) is 5.89. The van der Waals surface area contributed by atoms with Crippen LogP contribution in [0.25, 0.3) is 0 Å². The highest BCUT2D eigenvalue weighted by atomic mass is 35.5. The molecule has 0 spiro atoms. The largest absolute Gasteiger partial charge is 0.497 e. The summed E-state index contributed by atoms with van der Waals surface area (Å²) in [5.41, 5.74) is 0.543. The Kier molecular flexibility index (Phi) is 6.12. The Morgan fingerprint density at radius 2 is 1.63 bits per heavy atom. The number of rotatable bonds is 7. The van der Waals surface area contributed by atoms with E-state index in [9.17, 15) is 4.79 Å². The molecular weight excluding hydrogens is 368 g/mol. The van der Waals surface area contributed by atoms with Gasteiger partial charge in [0.2, 0.25) is 5.88 Å². The van der Waals surface area contributed by atoms with Crippen LogP contribution < -0.4 is 19.5 Å². The predicted octanol–water partition coefficient (Wildman–Crippen LogP) is 4.55. The molecule has 3 rings (SSSR count). The number of pyridine rings is 1. The van der Waals surface area contributed by atoms with Crippen LogP contribution in [0.4, 0.5) is 5.69 Å². The van der Waals surface area contributed by atoms with Gasteiger partial charge in [-0.3, -0.25) is 4.79 Å². The second-order valence-electron chi connectivity index (χ2n) is 5.45. The van der Waals surface area contributed by atoms with Crippen molar-refractivity contribution in [2.75, 3.05) is 19.0 Å². The van der Waals surface area contributed by atoms with Crippen molar-refractivity contribution in [2.24, 2.45) is 0 Å². The fourth-order valence-electron chi connectivity index (χ4n) is 2.16. The van der Waals surface area contributed by atoms with E-state index in [0.717, 1.165) is 5.75 Å². The minimum absolute atomic E-state index is 0.116. The standard InChI is InChI=1S/C20H17ClN2O4/c1-25-16-7-9-17(10-8-16)26-13-19(24)23-15-4-11-20(22-12-15)27-18-5-2-14(21)3-6-18/h2-12H,13H2,1H3,(H,23,24). The first-order valence-corrected chi connectivity index (χ1v) is 8.46. The average Bonchev–Trinajstić information content (AvgIpc) is 2.70. The lowest BCUT2D eigenvalue weighted by atomic mass is 10.3. The molecule has 1 aromatic heterocycles. The molecule has 0 bridgehead atoms. The molecule has 7 heteroatoms. The first-order valence-electron chi connectivity index (χ1n) is 8.08. The average molecular weight is 385 g/mol. The van der Waals surface area contributed by atoms with Crippen molar-refractivity contribution < 1.29 is 19.0 Å². The van der Waals surface area contributed by atoms with Crippen molar-refractivity contribution in [2.45, 2.75) is 0 Å². The number of nitrogens with one attached hydrogen (secondary N) is 1. The number of amides is 1. The molecule has 0 radical (unpaired) electrons. The predicted molar refractivity (Wildman–Crippen MR) is 103 cm³/mol. The Morgan fingerprint density at radius 1 is 0.963 bits per heavy atom. The molecular formula is C20H17ClN2O4. The van der Waals surface area contributed by atoms with Gasteiger partial charge in [0, 0.05) is 11.1 Å².